The summed E-state index contributed by atoms with van der Waals surface area (Å²) in [5.74, 6) is 0. The molecule has 3 nitrogen and oxygen atoms in total. The summed E-state index contributed by atoms with van der Waals surface area (Å²) in [5.41, 5.74) is 1.67. The van der Waals surface area contributed by atoms with Gasteiger partial charge in [0.25, 0.3) is 0 Å². The molecule has 0 radical (unpaired) electrons. The Bertz CT molecular complexity index is 334. The first-order valence-corrected chi connectivity index (χ1v) is 6.42. The van der Waals surface area contributed by atoms with E-state index in [1.807, 2.05) is 12.4 Å². The van der Waals surface area contributed by atoms with Crippen LogP contribution < -0.4 is 0 Å². The highest BCUT2D eigenvalue weighted by molar-refractivity contribution is 5.09. The third-order valence-electron chi connectivity index (χ3n) is 3.48. The molecule has 1 fully saturated rings. The van der Waals surface area contributed by atoms with Gasteiger partial charge >= 0.3 is 0 Å². The van der Waals surface area contributed by atoms with Crippen LogP contribution in [0.2, 0.25) is 0 Å². The van der Waals surface area contributed by atoms with Crippen LogP contribution >= 0.6 is 0 Å². The van der Waals surface area contributed by atoms with Crippen molar-refractivity contribution in [2.75, 3.05) is 26.2 Å². The van der Waals surface area contributed by atoms with Crippen LogP contribution in [0.3, 0.4) is 0 Å². The van der Waals surface area contributed by atoms with E-state index in [9.17, 15) is 0 Å². The first kappa shape index (κ1) is 12.5. The minimum atomic E-state index is 0.308. The van der Waals surface area contributed by atoms with Crippen LogP contribution in [0.25, 0.3) is 0 Å². The second kappa shape index (κ2) is 5.15. The van der Waals surface area contributed by atoms with Crippen molar-refractivity contribution in [1.29, 1.82) is 0 Å². The van der Waals surface area contributed by atoms with Crippen molar-refractivity contribution in [3.05, 3.63) is 30.1 Å². The van der Waals surface area contributed by atoms with Crippen molar-refractivity contribution in [2.45, 2.75) is 32.9 Å². The van der Waals surface area contributed by atoms with Crippen molar-refractivity contribution < 1.29 is 0 Å². The molecule has 17 heavy (non-hydrogen) atoms. The Morgan fingerprint density at radius 3 is 2.18 bits per heavy atom. The summed E-state index contributed by atoms with van der Waals surface area (Å²) in [6.45, 7) is 12.6. The Morgan fingerprint density at radius 2 is 1.65 bits per heavy atom. The Kier molecular flexibility index (Phi) is 3.79. The molecular formula is C14H23N3. The van der Waals surface area contributed by atoms with Gasteiger partial charge in [-0.05, 0) is 38.5 Å². The number of hydrogen-bond acceptors (Lipinski definition) is 3. The fourth-order valence-corrected chi connectivity index (χ4v) is 2.32. The van der Waals surface area contributed by atoms with Gasteiger partial charge in [0.05, 0.1) is 0 Å². The molecule has 1 aromatic heterocycles. The molecule has 1 aliphatic heterocycles. The summed E-state index contributed by atoms with van der Waals surface area (Å²) in [7, 11) is 0. The Labute approximate surface area is 104 Å². The highest BCUT2D eigenvalue weighted by Gasteiger charge is 2.25. The predicted octanol–water partition coefficient (Wildman–Crippen LogP) is 2.00. The Hall–Kier alpha value is -0.930. The van der Waals surface area contributed by atoms with Crippen molar-refractivity contribution in [2.24, 2.45) is 0 Å². The van der Waals surface area contributed by atoms with Gasteiger partial charge in [-0.3, -0.25) is 14.8 Å². The molecule has 0 N–H and O–H groups in total. The molecule has 0 spiro atoms. The van der Waals surface area contributed by atoms with Gasteiger partial charge in [-0.2, -0.15) is 0 Å². The van der Waals surface area contributed by atoms with Crippen LogP contribution in [-0.4, -0.2) is 46.5 Å². The van der Waals surface area contributed by atoms with Gasteiger partial charge in [0.2, 0.25) is 0 Å². The molecule has 3 heteroatoms. The Morgan fingerprint density at radius 1 is 1.06 bits per heavy atom. The third kappa shape index (κ3) is 3.51. The SMILES string of the molecule is CC(C)(C)N1CCN(Cc2ccncc2)CC1. The number of pyridine rings is 1. The van der Waals surface area contributed by atoms with Crippen LogP contribution in [-0.2, 0) is 6.54 Å². The smallest absolute Gasteiger partial charge is 0.0271 e. The summed E-state index contributed by atoms with van der Waals surface area (Å²) >= 11 is 0. The lowest BCUT2D eigenvalue weighted by atomic mass is 10.0. The average Bonchev–Trinajstić information content (AvgIpc) is 2.30. The van der Waals surface area contributed by atoms with Gasteiger partial charge in [0, 0.05) is 50.7 Å². The van der Waals surface area contributed by atoms with E-state index < -0.39 is 0 Å². The van der Waals surface area contributed by atoms with Crippen molar-refractivity contribution in [1.82, 2.24) is 14.8 Å². The predicted molar refractivity (Wildman–Crippen MR) is 70.8 cm³/mol. The highest BCUT2D eigenvalue weighted by atomic mass is 15.3. The molecule has 0 aliphatic carbocycles. The molecule has 94 valence electrons. The van der Waals surface area contributed by atoms with E-state index in [0.717, 1.165) is 6.54 Å². The third-order valence-corrected chi connectivity index (χ3v) is 3.48. The molecule has 1 aromatic rings. The first-order valence-electron chi connectivity index (χ1n) is 6.42. The number of aromatic nitrogens is 1. The summed E-state index contributed by atoms with van der Waals surface area (Å²) in [6.07, 6.45) is 3.75. The van der Waals surface area contributed by atoms with E-state index in [1.54, 1.807) is 0 Å². The largest absolute Gasteiger partial charge is 0.297 e. The van der Waals surface area contributed by atoms with Crippen molar-refractivity contribution in [3.8, 4) is 0 Å². The quantitative estimate of drug-likeness (QED) is 0.779. The monoisotopic (exact) mass is 233 g/mol. The van der Waals surface area contributed by atoms with E-state index in [-0.39, 0.29) is 0 Å². The minimum absolute atomic E-state index is 0.308. The Balaban J connectivity index is 1.84. The molecule has 0 aromatic carbocycles. The molecule has 1 aliphatic rings. The van der Waals surface area contributed by atoms with Gasteiger partial charge in [0.1, 0.15) is 0 Å². The zero-order chi connectivity index (χ0) is 12.3. The van der Waals surface area contributed by atoms with E-state index >= 15 is 0 Å². The van der Waals surface area contributed by atoms with E-state index in [1.165, 1.54) is 31.7 Å². The minimum Gasteiger partial charge on any atom is -0.297 e. The summed E-state index contributed by atoms with van der Waals surface area (Å²) in [6, 6.07) is 4.21. The highest BCUT2D eigenvalue weighted by Crippen LogP contribution is 2.16. The average molecular weight is 233 g/mol. The van der Waals surface area contributed by atoms with Gasteiger partial charge in [0.15, 0.2) is 0 Å². The van der Waals surface area contributed by atoms with Crippen molar-refractivity contribution >= 4 is 0 Å². The molecule has 0 amide bonds. The fourth-order valence-electron chi connectivity index (χ4n) is 2.32. The number of rotatable bonds is 2. The first-order chi connectivity index (χ1) is 8.05. The van der Waals surface area contributed by atoms with Crippen LogP contribution in [0, 0.1) is 0 Å². The molecule has 2 rings (SSSR count). The summed E-state index contributed by atoms with van der Waals surface area (Å²) in [4.78, 5) is 9.15. The van der Waals surface area contributed by atoms with Crippen LogP contribution in [0.15, 0.2) is 24.5 Å². The molecule has 0 bridgehead atoms. The van der Waals surface area contributed by atoms with Gasteiger partial charge in [-0.15, -0.1) is 0 Å². The number of piperazine rings is 1. The van der Waals surface area contributed by atoms with Crippen LogP contribution in [0.4, 0.5) is 0 Å². The maximum Gasteiger partial charge on any atom is 0.0271 e. The molecule has 0 unspecified atom stereocenters. The number of nitrogens with zero attached hydrogens (tertiary/aromatic N) is 3. The molecule has 1 saturated heterocycles. The second-order valence-electron chi connectivity index (χ2n) is 5.79. The lowest BCUT2D eigenvalue weighted by molar-refractivity contribution is 0.0591. The van der Waals surface area contributed by atoms with Crippen LogP contribution in [0.5, 0.6) is 0 Å². The van der Waals surface area contributed by atoms with E-state index in [2.05, 4.69) is 47.7 Å². The lowest BCUT2D eigenvalue weighted by Gasteiger charge is -2.42. The normalized spacial score (nSPS) is 19.5. The molecule has 2 heterocycles. The van der Waals surface area contributed by atoms with E-state index in [4.69, 9.17) is 0 Å². The second-order valence-corrected chi connectivity index (χ2v) is 5.79. The van der Waals surface area contributed by atoms with E-state index in [0.29, 0.717) is 5.54 Å². The number of hydrogen-bond donors (Lipinski definition) is 0. The van der Waals surface area contributed by atoms with Crippen LogP contribution in [0.1, 0.15) is 26.3 Å². The van der Waals surface area contributed by atoms with Crippen molar-refractivity contribution in [3.63, 3.8) is 0 Å². The van der Waals surface area contributed by atoms with Gasteiger partial charge < -0.3 is 0 Å². The molecular weight excluding hydrogens is 210 g/mol. The maximum atomic E-state index is 4.06. The summed E-state index contributed by atoms with van der Waals surface area (Å²) in [5, 5.41) is 0. The topological polar surface area (TPSA) is 19.4 Å². The zero-order valence-electron chi connectivity index (χ0n) is 11.2. The standard InChI is InChI=1S/C14H23N3/c1-14(2,3)17-10-8-16(9-11-17)12-13-4-6-15-7-5-13/h4-7H,8-12H2,1-3H3. The zero-order valence-corrected chi connectivity index (χ0v) is 11.2. The van der Waals surface area contributed by atoms with Gasteiger partial charge in [-0.1, -0.05) is 0 Å². The van der Waals surface area contributed by atoms with Gasteiger partial charge in [-0.25, -0.2) is 0 Å². The molecule has 0 atom stereocenters. The summed E-state index contributed by atoms with van der Waals surface area (Å²) < 4.78 is 0. The lowest BCUT2D eigenvalue weighted by Crippen LogP contribution is -2.53. The molecule has 0 saturated carbocycles. The fraction of sp³-hybridized carbons (Fsp3) is 0.643. The maximum absolute atomic E-state index is 4.06.